The Morgan fingerprint density at radius 2 is 1.77 bits per heavy atom. The van der Waals surface area contributed by atoms with Crippen LogP contribution in [0.15, 0.2) is 48.5 Å². The molecule has 0 radical (unpaired) electrons. The topological polar surface area (TPSA) is 98.7 Å². The van der Waals surface area contributed by atoms with Crippen molar-refractivity contribution >= 4 is 35.0 Å². The van der Waals surface area contributed by atoms with Crippen molar-refractivity contribution < 1.29 is 19.5 Å². The van der Waals surface area contributed by atoms with Crippen LogP contribution in [-0.4, -0.2) is 46.9 Å². The highest BCUT2D eigenvalue weighted by Gasteiger charge is 2.37. The van der Waals surface area contributed by atoms with Crippen molar-refractivity contribution in [3.63, 3.8) is 0 Å². The molecule has 4 rings (SSSR count). The molecule has 8 heteroatoms. The van der Waals surface area contributed by atoms with E-state index in [4.69, 9.17) is 11.6 Å². The van der Waals surface area contributed by atoms with Crippen molar-refractivity contribution in [1.29, 1.82) is 0 Å². The number of nitrogens with one attached hydrogen (secondary N) is 2. The number of para-hydroxylation sites is 1. The zero-order valence-corrected chi connectivity index (χ0v) is 17.0. The van der Waals surface area contributed by atoms with E-state index in [0.717, 1.165) is 5.56 Å². The van der Waals surface area contributed by atoms with Gasteiger partial charge < -0.3 is 20.6 Å². The summed E-state index contributed by atoms with van der Waals surface area (Å²) in [6, 6.07) is 12.8. The van der Waals surface area contributed by atoms with Gasteiger partial charge in [0.2, 0.25) is 11.8 Å². The maximum absolute atomic E-state index is 12.8. The fourth-order valence-corrected chi connectivity index (χ4v) is 4.06. The molecule has 2 aromatic rings. The molecule has 2 aromatic carbocycles. The first kappa shape index (κ1) is 20.4. The van der Waals surface area contributed by atoms with E-state index >= 15 is 0 Å². The molecular formula is C22H22ClN3O4. The molecule has 1 atom stereocenters. The third-order valence-electron chi connectivity index (χ3n) is 5.75. The number of carbonyl (C=O) groups is 3. The lowest BCUT2D eigenvalue weighted by molar-refractivity contribution is -0.137. The maximum Gasteiger partial charge on any atom is 0.254 e. The van der Waals surface area contributed by atoms with Gasteiger partial charge >= 0.3 is 0 Å². The Morgan fingerprint density at radius 3 is 2.47 bits per heavy atom. The van der Waals surface area contributed by atoms with E-state index in [-0.39, 0.29) is 12.3 Å². The Balaban J connectivity index is 1.39. The summed E-state index contributed by atoms with van der Waals surface area (Å²) >= 11 is 5.92. The summed E-state index contributed by atoms with van der Waals surface area (Å²) in [5.41, 5.74) is 0.552. The first-order valence-corrected chi connectivity index (χ1v) is 10.2. The molecule has 2 aliphatic heterocycles. The van der Waals surface area contributed by atoms with Gasteiger partial charge in [0.25, 0.3) is 5.91 Å². The number of benzene rings is 2. The molecule has 3 N–H and O–H groups in total. The zero-order valence-electron chi connectivity index (χ0n) is 16.2. The lowest BCUT2D eigenvalue weighted by atomic mass is 9.84. The van der Waals surface area contributed by atoms with Gasteiger partial charge in [-0.2, -0.15) is 0 Å². The summed E-state index contributed by atoms with van der Waals surface area (Å²) in [4.78, 5) is 39.3. The van der Waals surface area contributed by atoms with E-state index in [0.29, 0.717) is 42.2 Å². The number of nitrogens with zero attached hydrogens (tertiary/aromatic N) is 1. The quantitative estimate of drug-likeness (QED) is 0.699. The van der Waals surface area contributed by atoms with Crippen LogP contribution in [0.25, 0.3) is 0 Å². The SMILES string of the molecule is O=C1N[C@H](CC(=O)N2CCC(O)(c3ccc(Cl)cc3)CC2)C(=O)Nc2ccccc21. The summed E-state index contributed by atoms with van der Waals surface area (Å²) in [7, 11) is 0. The Bertz CT molecular complexity index is 984. The Morgan fingerprint density at radius 1 is 1.10 bits per heavy atom. The number of fused-ring (bicyclic) bond motifs is 1. The number of aliphatic hydroxyl groups is 1. The second-order valence-electron chi connectivity index (χ2n) is 7.68. The Labute approximate surface area is 179 Å². The lowest BCUT2D eigenvalue weighted by Gasteiger charge is -2.39. The highest BCUT2D eigenvalue weighted by atomic mass is 35.5. The van der Waals surface area contributed by atoms with E-state index < -0.39 is 23.5 Å². The number of carbonyl (C=O) groups excluding carboxylic acids is 3. The molecular weight excluding hydrogens is 406 g/mol. The van der Waals surface area contributed by atoms with E-state index in [1.54, 1.807) is 53.4 Å². The van der Waals surface area contributed by atoms with E-state index in [1.165, 1.54) is 0 Å². The van der Waals surface area contributed by atoms with E-state index in [1.807, 2.05) is 0 Å². The van der Waals surface area contributed by atoms with Crippen LogP contribution in [0.2, 0.25) is 5.02 Å². The fraction of sp³-hybridized carbons (Fsp3) is 0.318. The van der Waals surface area contributed by atoms with Gasteiger partial charge in [-0.3, -0.25) is 14.4 Å². The summed E-state index contributed by atoms with van der Waals surface area (Å²) in [5.74, 6) is -1.05. The third-order valence-corrected chi connectivity index (χ3v) is 6.01. The van der Waals surface area contributed by atoms with Gasteiger partial charge in [-0.05, 0) is 42.7 Å². The number of hydrogen-bond donors (Lipinski definition) is 3. The number of piperidine rings is 1. The van der Waals surface area contributed by atoms with E-state index in [2.05, 4.69) is 10.6 Å². The predicted octanol–water partition coefficient (Wildman–Crippen LogP) is 2.29. The van der Waals surface area contributed by atoms with Crippen molar-refractivity contribution in [2.45, 2.75) is 30.9 Å². The molecule has 0 spiro atoms. The predicted molar refractivity (Wildman–Crippen MR) is 112 cm³/mol. The molecule has 30 heavy (non-hydrogen) atoms. The van der Waals surface area contributed by atoms with Crippen LogP contribution in [0.3, 0.4) is 0 Å². The molecule has 0 aromatic heterocycles. The van der Waals surface area contributed by atoms with Gasteiger partial charge in [0.15, 0.2) is 0 Å². The van der Waals surface area contributed by atoms with Crippen LogP contribution in [-0.2, 0) is 15.2 Å². The standard InChI is InChI=1S/C22H22ClN3O4/c23-15-7-5-14(6-8-15)22(30)9-11-26(12-10-22)19(27)13-18-21(29)24-17-4-2-1-3-16(17)20(28)25-18/h1-8,18,30H,9-13H2,(H,24,29)(H,25,28)/t18-/m1/s1. The molecule has 2 aliphatic rings. The largest absolute Gasteiger partial charge is 0.385 e. The van der Waals surface area contributed by atoms with Crippen molar-refractivity contribution in [2.75, 3.05) is 18.4 Å². The van der Waals surface area contributed by atoms with Crippen LogP contribution in [0, 0.1) is 0 Å². The van der Waals surface area contributed by atoms with Crippen LogP contribution < -0.4 is 10.6 Å². The van der Waals surface area contributed by atoms with Gasteiger partial charge in [0, 0.05) is 18.1 Å². The Hall–Kier alpha value is -2.90. The molecule has 3 amide bonds. The average Bonchev–Trinajstić information content (AvgIpc) is 2.85. The first-order chi connectivity index (χ1) is 14.4. The van der Waals surface area contributed by atoms with Crippen LogP contribution in [0.4, 0.5) is 5.69 Å². The van der Waals surface area contributed by atoms with Crippen LogP contribution in [0.5, 0.6) is 0 Å². The summed E-state index contributed by atoms with van der Waals surface area (Å²) in [6.45, 7) is 0.723. The number of hydrogen-bond acceptors (Lipinski definition) is 4. The molecule has 2 heterocycles. The second-order valence-corrected chi connectivity index (χ2v) is 8.12. The smallest absolute Gasteiger partial charge is 0.254 e. The molecule has 1 saturated heterocycles. The molecule has 7 nitrogen and oxygen atoms in total. The van der Waals surface area contributed by atoms with Gasteiger partial charge in [0.1, 0.15) is 6.04 Å². The van der Waals surface area contributed by atoms with Crippen LogP contribution in [0.1, 0.15) is 35.2 Å². The zero-order chi connectivity index (χ0) is 21.3. The molecule has 156 valence electrons. The maximum atomic E-state index is 12.8. The number of halogens is 1. The van der Waals surface area contributed by atoms with Crippen molar-refractivity contribution in [2.24, 2.45) is 0 Å². The minimum atomic E-state index is -1.02. The molecule has 0 saturated carbocycles. The number of amides is 3. The Kier molecular flexibility index (Phi) is 5.49. The second kappa shape index (κ2) is 8.08. The summed E-state index contributed by atoms with van der Waals surface area (Å²) in [5, 5.41) is 16.9. The minimum absolute atomic E-state index is 0.134. The monoisotopic (exact) mass is 427 g/mol. The normalized spacial score (nSPS) is 20.6. The van der Waals surface area contributed by atoms with Crippen LogP contribution >= 0.6 is 11.6 Å². The van der Waals surface area contributed by atoms with Crippen molar-refractivity contribution in [1.82, 2.24) is 10.2 Å². The molecule has 0 unspecified atom stereocenters. The van der Waals surface area contributed by atoms with Crippen molar-refractivity contribution in [3.05, 3.63) is 64.7 Å². The molecule has 1 fully saturated rings. The van der Waals surface area contributed by atoms with Gasteiger partial charge in [-0.25, -0.2) is 0 Å². The van der Waals surface area contributed by atoms with Gasteiger partial charge in [-0.15, -0.1) is 0 Å². The number of likely N-dealkylation sites (tertiary alicyclic amines) is 1. The minimum Gasteiger partial charge on any atom is -0.385 e. The van der Waals surface area contributed by atoms with Crippen molar-refractivity contribution in [3.8, 4) is 0 Å². The summed E-state index contributed by atoms with van der Waals surface area (Å²) in [6.07, 6.45) is 0.634. The third kappa shape index (κ3) is 4.04. The summed E-state index contributed by atoms with van der Waals surface area (Å²) < 4.78 is 0. The molecule has 0 aliphatic carbocycles. The van der Waals surface area contributed by atoms with E-state index in [9.17, 15) is 19.5 Å². The van der Waals surface area contributed by atoms with Gasteiger partial charge in [0.05, 0.1) is 23.3 Å². The highest BCUT2D eigenvalue weighted by molar-refractivity contribution is 6.30. The highest BCUT2D eigenvalue weighted by Crippen LogP contribution is 2.33. The fourth-order valence-electron chi connectivity index (χ4n) is 3.93. The lowest BCUT2D eigenvalue weighted by Crippen LogP contribution is -2.49. The van der Waals surface area contributed by atoms with Gasteiger partial charge in [-0.1, -0.05) is 35.9 Å². The first-order valence-electron chi connectivity index (χ1n) is 9.83. The molecule has 0 bridgehead atoms. The number of rotatable bonds is 3. The average molecular weight is 428 g/mol. The number of anilines is 1.